The van der Waals surface area contributed by atoms with Gasteiger partial charge in [0, 0.05) is 19.4 Å². The Kier molecular flexibility index (Phi) is 40.1. The molecule has 0 bridgehead atoms. The van der Waals surface area contributed by atoms with E-state index in [1.165, 1.54) is 96.3 Å². The summed E-state index contributed by atoms with van der Waals surface area (Å²) in [5.74, 6) is -0.861. The minimum atomic E-state index is -4.39. The van der Waals surface area contributed by atoms with Crippen molar-refractivity contribution in [1.29, 1.82) is 0 Å². The summed E-state index contributed by atoms with van der Waals surface area (Å²) < 4.78 is 32.8. The molecule has 0 aliphatic carbocycles. The highest BCUT2D eigenvalue weighted by molar-refractivity contribution is 7.47. The molecule has 0 heterocycles. The van der Waals surface area contributed by atoms with Gasteiger partial charge in [-0.3, -0.25) is 18.6 Å². The number of rotatable bonds is 41. The van der Waals surface area contributed by atoms with Gasteiger partial charge in [0.15, 0.2) is 6.10 Å². The number of unbranched alkanes of at least 4 members (excludes halogenated alkanes) is 20. The third-order valence-corrected chi connectivity index (χ3v) is 10.2. The highest BCUT2D eigenvalue weighted by Crippen LogP contribution is 2.43. The molecular weight excluding hydrogens is 713 g/mol. The molecule has 9 nitrogen and oxygen atoms in total. The van der Waals surface area contributed by atoms with Crippen molar-refractivity contribution >= 4 is 19.8 Å². The van der Waals surface area contributed by atoms with Crippen molar-refractivity contribution in [3.63, 3.8) is 0 Å². The highest BCUT2D eigenvalue weighted by atomic mass is 31.2. The van der Waals surface area contributed by atoms with Crippen LogP contribution < -0.4 is 5.73 Å². The minimum absolute atomic E-state index is 0.0473. The molecule has 3 N–H and O–H groups in total. The van der Waals surface area contributed by atoms with Crippen molar-refractivity contribution in [2.24, 2.45) is 5.73 Å². The molecule has 0 spiro atoms. The SMILES string of the molecule is CCC/C=C/C/C=C/C/C=C/C/C=C/CCCCCC(=O)O[C@H](COC(=O)CCCCCCCCCCCCCCCCCCC)COP(=O)(O)OCCN. The molecule has 0 radical (unpaired) electrons. The van der Waals surface area contributed by atoms with Crippen molar-refractivity contribution in [2.75, 3.05) is 26.4 Å². The normalized spacial score (nSPS) is 13.7. The van der Waals surface area contributed by atoms with E-state index in [1.807, 2.05) is 0 Å². The number of esters is 2. The van der Waals surface area contributed by atoms with E-state index in [0.29, 0.717) is 6.42 Å². The van der Waals surface area contributed by atoms with Crippen molar-refractivity contribution < 1.29 is 37.6 Å². The third kappa shape index (κ3) is 41.4. The lowest BCUT2D eigenvalue weighted by atomic mass is 10.0. The zero-order valence-electron chi connectivity index (χ0n) is 35.2. The molecule has 2 atom stereocenters. The zero-order valence-corrected chi connectivity index (χ0v) is 36.0. The Morgan fingerprint density at radius 2 is 0.982 bits per heavy atom. The number of hydrogen-bond donors (Lipinski definition) is 2. The molecule has 0 rings (SSSR count). The van der Waals surface area contributed by atoms with E-state index in [4.69, 9.17) is 24.3 Å². The predicted molar refractivity (Wildman–Crippen MR) is 229 cm³/mol. The van der Waals surface area contributed by atoms with Crippen LogP contribution in [0.3, 0.4) is 0 Å². The molecule has 320 valence electrons. The maximum atomic E-state index is 12.6. The molecule has 0 amide bonds. The molecule has 1 unspecified atom stereocenters. The standard InChI is InChI=1S/C45H82NO8P/c1-3-5-7-9-11-13-15-17-19-21-23-25-27-29-31-33-35-37-44(47)51-41-43(42-53-55(49,50)52-40-39-46)54-45(48)38-36-34-32-30-28-26-24-22-20-18-16-14-12-10-8-6-4-2/h8,10,14,16,20,22,26,28,43H,3-7,9,11-13,15,17-19,21,23-25,27,29-42,46H2,1-2H3,(H,49,50)/b10-8+,16-14+,22-20+,28-26+/t43-/m1/s1. The van der Waals surface area contributed by atoms with E-state index in [-0.39, 0.29) is 38.6 Å². The van der Waals surface area contributed by atoms with E-state index < -0.39 is 26.5 Å². The molecule has 55 heavy (non-hydrogen) atoms. The number of ether oxygens (including phenoxy) is 2. The molecule has 0 aromatic heterocycles. The summed E-state index contributed by atoms with van der Waals surface area (Å²) in [6.45, 7) is 3.64. The van der Waals surface area contributed by atoms with Crippen molar-refractivity contribution in [1.82, 2.24) is 0 Å². The second-order valence-corrected chi connectivity index (χ2v) is 16.0. The molecule has 0 saturated carbocycles. The molecule has 10 heteroatoms. The monoisotopic (exact) mass is 796 g/mol. The Balaban J connectivity index is 4.19. The van der Waals surface area contributed by atoms with Gasteiger partial charge in [-0.2, -0.15) is 0 Å². The van der Waals surface area contributed by atoms with Gasteiger partial charge in [-0.1, -0.05) is 178 Å². The van der Waals surface area contributed by atoms with Crippen molar-refractivity contribution in [3.8, 4) is 0 Å². The first-order valence-corrected chi connectivity index (χ1v) is 23.6. The molecule has 0 aliphatic heterocycles. The van der Waals surface area contributed by atoms with Crippen LogP contribution in [-0.2, 0) is 32.7 Å². The minimum Gasteiger partial charge on any atom is -0.462 e. The van der Waals surface area contributed by atoms with Crippen LogP contribution in [0.1, 0.15) is 194 Å². The summed E-state index contributed by atoms with van der Waals surface area (Å²) in [6, 6.07) is 0. The average Bonchev–Trinajstić information content (AvgIpc) is 3.17. The Hall–Kier alpha value is -2.03. The molecule has 0 aromatic rings. The van der Waals surface area contributed by atoms with Crippen molar-refractivity contribution in [2.45, 2.75) is 200 Å². The quantitative estimate of drug-likeness (QED) is 0.0268. The predicted octanol–water partition coefficient (Wildman–Crippen LogP) is 12.7. The number of nitrogens with two attached hydrogens (primary N) is 1. The first-order chi connectivity index (χ1) is 26.8. The van der Waals surface area contributed by atoms with Gasteiger partial charge in [0.2, 0.25) is 0 Å². The van der Waals surface area contributed by atoms with Crippen molar-refractivity contribution in [3.05, 3.63) is 48.6 Å². The molecule has 0 fully saturated rings. The Bertz CT molecular complexity index is 1040. The van der Waals surface area contributed by atoms with Gasteiger partial charge in [0.25, 0.3) is 0 Å². The van der Waals surface area contributed by atoms with Gasteiger partial charge < -0.3 is 20.1 Å². The summed E-state index contributed by atoms with van der Waals surface area (Å²) in [6.07, 6.45) is 47.1. The first kappa shape index (κ1) is 53.0. The van der Waals surface area contributed by atoms with Gasteiger partial charge in [-0.25, -0.2) is 4.57 Å². The van der Waals surface area contributed by atoms with E-state index in [2.05, 4.69) is 62.5 Å². The van der Waals surface area contributed by atoms with Crippen LogP contribution in [0.2, 0.25) is 0 Å². The van der Waals surface area contributed by atoms with Gasteiger partial charge in [-0.05, 0) is 51.4 Å². The fourth-order valence-corrected chi connectivity index (χ4v) is 6.68. The molecule has 0 aromatic carbocycles. The van der Waals surface area contributed by atoms with Crippen LogP contribution in [0, 0.1) is 0 Å². The third-order valence-electron chi connectivity index (χ3n) is 9.20. The maximum absolute atomic E-state index is 12.6. The van der Waals surface area contributed by atoms with Crippen LogP contribution in [-0.4, -0.2) is 49.3 Å². The van der Waals surface area contributed by atoms with Gasteiger partial charge in [0.05, 0.1) is 13.2 Å². The number of allylic oxidation sites excluding steroid dienone is 8. The fourth-order valence-electron chi connectivity index (χ4n) is 5.92. The van der Waals surface area contributed by atoms with Gasteiger partial charge >= 0.3 is 19.8 Å². The largest absolute Gasteiger partial charge is 0.472 e. The Morgan fingerprint density at radius 1 is 0.545 bits per heavy atom. The summed E-state index contributed by atoms with van der Waals surface area (Å²) in [5.41, 5.74) is 5.35. The van der Waals surface area contributed by atoms with E-state index >= 15 is 0 Å². The average molecular weight is 796 g/mol. The maximum Gasteiger partial charge on any atom is 0.472 e. The fraction of sp³-hybridized carbons (Fsp3) is 0.778. The highest BCUT2D eigenvalue weighted by Gasteiger charge is 2.26. The topological polar surface area (TPSA) is 134 Å². The lowest BCUT2D eigenvalue weighted by Crippen LogP contribution is -2.29. The summed E-state index contributed by atoms with van der Waals surface area (Å²) in [4.78, 5) is 34.9. The van der Waals surface area contributed by atoms with Crippen LogP contribution >= 0.6 is 7.82 Å². The lowest BCUT2D eigenvalue weighted by molar-refractivity contribution is -0.161. The lowest BCUT2D eigenvalue weighted by Gasteiger charge is -2.19. The Morgan fingerprint density at radius 3 is 1.47 bits per heavy atom. The molecule has 0 saturated heterocycles. The Labute approximate surface area is 336 Å². The second kappa shape index (κ2) is 41.6. The van der Waals surface area contributed by atoms with E-state index in [0.717, 1.165) is 64.2 Å². The molecular formula is C45H82NO8P. The van der Waals surface area contributed by atoms with E-state index in [1.54, 1.807) is 0 Å². The number of hydrogen-bond acceptors (Lipinski definition) is 8. The number of carbonyl (C=O) groups is 2. The zero-order chi connectivity index (χ0) is 40.3. The van der Waals surface area contributed by atoms with Gasteiger partial charge in [0.1, 0.15) is 6.61 Å². The van der Waals surface area contributed by atoms with Crippen LogP contribution in [0.4, 0.5) is 0 Å². The molecule has 0 aliphatic rings. The summed E-state index contributed by atoms with van der Waals surface area (Å²) in [7, 11) is -4.39. The summed E-state index contributed by atoms with van der Waals surface area (Å²) in [5, 5.41) is 0. The first-order valence-electron chi connectivity index (χ1n) is 22.1. The van der Waals surface area contributed by atoms with Crippen LogP contribution in [0.25, 0.3) is 0 Å². The number of phosphoric acid groups is 1. The number of carbonyl (C=O) groups excluding carboxylic acids is 2. The second-order valence-electron chi connectivity index (χ2n) is 14.6. The van der Waals surface area contributed by atoms with Crippen LogP contribution in [0.15, 0.2) is 48.6 Å². The van der Waals surface area contributed by atoms with E-state index in [9.17, 15) is 19.0 Å². The summed E-state index contributed by atoms with van der Waals surface area (Å²) >= 11 is 0. The van der Waals surface area contributed by atoms with Crippen LogP contribution in [0.5, 0.6) is 0 Å². The number of phosphoric ester groups is 1. The smallest absolute Gasteiger partial charge is 0.462 e. The van der Waals surface area contributed by atoms with Gasteiger partial charge in [-0.15, -0.1) is 0 Å².